The molecular weight excluding hydrogens is 210 g/mol. The van der Waals surface area contributed by atoms with Crippen LogP contribution in [0.4, 0.5) is 5.82 Å². The molecule has 3 heterocycles. The molecule has 2 saturated heterocycles. The van der Waals surface area contributed by atoms with Gasteiger partial charge in [0.1, 0.15) is 5.82 Å². The Balaban J connectivity index is 1.69. The number of carboxylic acids is 1. The zero-order chi connectivity index (χ0) is 11.2. The van der Waals surface area contributed by atoms with Gasteiger partial charge in [0.25, 0.3) is 0 Å². The molecule has 2 aliphatic heterocycles. The van der Waals surface area contributed by atoms with Crippen molar-refractivity contribution in [3.05, 3.63) is 18.1 Å². The van der Waals surface area contributed by atoms with Gasteiger partial charge in [-0.1, -0.05) is 0 Å². The lowest BCUT2D eigenvalue weighted by atomic mass is 9.78. The summed E-state index contributed by atoms with van der Waals surface area (Å²) in [5.41, 5.74) is 0.304. The highest BCUT2D eigenvalue weighted by molar-refractivity contribution is 5.84. The molecule has 0 atom stereocenters. The lowest BCUT2D eigenvalue weighted by molar-refractivity contribution is -0.127. The highest BCUT2D eigenvalue weighted by Gasteiger charge is 2.49. The number of ether oxygens (including phenoxy) is 1. The Morgan fingerprint density at radius 1 is 1.38 bits per heavy atom. The fraction of sp³-hybridized carbons (Fsp3) is 0.500. The maximum atomic E-state index is 10.6. The Kier molecular flexibility index (Phi) is 1.88. The maximum Gasteiger partial charge on any atom is 0.356 e. The predicted molar refractivity (Wildman–Crippen MR) is 54.5 cm³/mol. The first kappa shape index (κ1) is 9.53. The normalized spacial score (nSPS) is 21.4. The summed E-state index contributed by atoms with van der Waals surface area (Å²) in [6.45, 7) is 3.50. The van der Waals surface area contributed by atoms with Gasteiger partial charge in [-0.2, -0.15) is 0 Å². The summed E-state index contributed by atoms with van der Waals surface area (Å²) in [6.07, 6.45) is 2.80. The SMILES string of the molecule is O=C(O)c1cnc(N2CC3(COC3)C2)cn1. The largest absolute Gasteiger partial charge is 0.476 e. The van der Waals surface area contributed by atoms with Gasteiger partial charge in [0, 0.05) is 13.1 Å². The van der Waals surface area contributed by atoms with E-state index in [1.165, 1.54) is 12.4 Å². The van der Waals surface area contributed by atoms with Crippen molar-refractivity contribution in [1.82, 2.24) is 9.97 Å². The highest BCUT2D eigenvalue weighted by atomic mass is 16.5. The molecule has 16 heavy (non-hydrogen) atoms. The molecule has 0 radical (unpaired) electrons. The van der Waals surface area contributed by atoms with E-state index in [-0.39, 0.29) is 5.69 Å². The number of carboxylic acid groups (broad SMARTS) is 1. The van der Waals surface area contributed by atoms with Crippen LogP contribution in [0.25, 0.3) is 0 Å². The fourth-order valence-corrected chi connectivity index (χ4v) is 2.09. The number of aromatic nitrogens is 2. The van der Waals surface area contributed by atoms with E-state index in [4.69, 9.17) is 9.84 Å². The van der Waals surface area contributed by atoms with E-state index in [1.54, 1.807) is 0 Å². The summed E-state index contributed by atoms with van der Waals surface area (Å²) >= 11 is 0. The number of hydrogen-bond acceptors (Lipinski definition) is 5. The lowest BCUT2D eigenvalue weighted by Crippen LogP contribution is -2.66. The van der Waals surface area contributed by atoms with Crippen LogP contribution in [0.1, 0.15) is 10.5 Å². The molecule has 0 amide bonds. The summed E-state index contributed by atoms with van der Waals surface area (Å²) in [5, 5.41) is 8.68. The van der Waals surface area contributed by atoms with Crippen LogP contribution in [0.15, 0.2) is 12.4 Å². The summed E-state index contributed by atoms with van der Waals surface area (Å²) < 4.78 is 5.17. The van der Waals surface area contributed by atoms with Crippen molar-refractivity contribution in [3.63, 3.8) is 0 Å². The monoisotopic (exact) mass is 221 g/mol. The minimum atomic E-state index is -1.05. The third kappa shape index (κ3) is 1.34. The van der Waals surface area contributed by atoms with Crippen LogP contribution in [-0.2, 0) is 4.74 Å². The van der Waals surface area contributed by atoms with Crippen LogP contribution in [0.2, 0.25) is 0 Å². The lowest BCUT2D eigenvalue weighted by Gasteiger charge is -2.55. The smallest absolute Gasteiger partial charge is 0.356 e. The molecule has 1 spiro atoms. The second-order valence-electron chi connectivity index (χ2n) is 4.41. The van der Waals surface area contributed by atoms with Gasteiger partial charge in [0.2, 0.25) is 0 Å². The van der Waals surface area contributed by atoms with E-state index in [0.717, 1.165) is 32.1 Å². The molecule has 84 valence electrons. The van der Waals surface area contributed by atoms with Crippen LogP contribution < -0.4 is 4.90 Å². The van der Waals surface area contributed by atoms with Crippen LogP contribution >= 0.6 is 0 Å². The molecular formula is C10H11N3O3. The van der Waals surface area contributed by atoms with Crippen LogP contribution in [0.3, 0.4) is 0 Å². The second-order valence-corrected chi connectivity index (χ2v) is 4.41. The zero-order valence-corrected chi connectivity index (χ0v) is 8.59. The Morgan fingerprint density at radius 2 is 2.12 bits per heavy atom. The second kappa shape index (κ2) is 3.15. The molecule has 1 N–H and O–H groups in total. The Bertz CT molecular complexity index is 419. The van der Waals surface area contributed by atoms with Crippen LogP contribution in [0, 0.1) is 5.41 Å². The third-order valence-electron chi connectivity index (χ3n) is 3.05. The zero-order valence-electron chi connectivity index (χ0n) is 8.59. The van der Waals surface area contributed by atoms with Gasteiger partial charge >= 0.3 is 5.97 Å². The minimum absolute atomic E-state index is 0.0223. The first-order chi connectivity index (χ1) is 7.69. The van der Waals surface area contributed by atoms with Gasteiger partial charge < -0.3 is 14.7 Å². The average molecular weight is 221 g/mol. The van der Waals surface area contributed by atoms with Gasteiger partial charge in [-0.05, 0) is 0 Å². The molecule has 6 heteroatoms. The summed E-state index contributed by atoms with van der Waals surface area (Å²) in [4.78, 5) is 20.6. The molecule has 2 aliphatic rings. The van der Waals surface area contributed by atoms with Gasteiger partial charge in [-0.3, -0.25) is 0 Å². The van der Waals surface area contributed by atoms with E-state index in [2.05, 4.69) is 14.9 Å². The maximum absolute atomic E-state index is 10.6. The topological polar surface area (TPSA) is 75.5 Å². The standard InChI is InChI=1S/C10H11N3O3/c14-9(15)7-1-12-8(2-11-7)13-3-10(4-13)5-16-6-10/h1-2H,3-6H2,(H,14,15). The Morgan fingerprint density at radius 3 is 2.56 bits per heavy atom. The fourth-order valence-electron chi connectivity index (χ4n) is 2.09. The van der Waals surface area contributed by atoms with Crippen LogP contribution in [0.5, 0.6) is 0 Å². The van der Waals surface area contributed by atoms with E-state index >= 15 is 0 Å². The number of nitrogens with zero attached hydrogens (tertiary/aromatic N) is 3. The molecule has 6 nitrogen and oxygen atoms in total. The predicted octanol–water partition coefficient (Wildman–Crippen LogP) is 0.0114. The van der Waals surface area contributed by atoms with Gasteiger partial charge in [0.15, 0.2) is 5.69 Å². The number of carbonyl (C=O) groups is 1. The summed E-state index contributed by atoms with van der Waals surface area (Å²) in [5.74, 6) is -0.311. The molecule has 3 rings (SSSR count). The van der Waals surface area contributed by atoms with Gasteiger partial charge in [-0.25, -0.2) is 14.8 Å². The first-order valence-corrected chi connectivity index (χ1v) is 5.07. The van der Waals surface area contributed by atoms with Crippen molar-refractivity contribution in [2.75, 3.05) is 31.2 Å². The van der Waals surface area contributed by atoms with E-state index in [1.807, 2.05) is 0 Å². The molecule has 2 fully saturated rings. The van der Waals surface area contributed by atoms with E-state index in [9.17, 15) is 4.79 Å². The van der Waals surface area contributed by atoms with E-state index in [0.29, 0.717) is 5.41 Å². The quantitative estimate of drug-likeness (QED) is 0.758. The van der Waals surface area contributed by atoms with Crippen molar-refractivity contribution >= 4 is 11.8 Å². The molecule has 0 saturated carbocycles. The third-order valence-corrected chi connectivity index (χ3v) is 3.05. The molecule has 0 unspecified atom stereocenters. The summed E-state index contributed by atoms with van der Waals surface area (Å²) in [7, 11) is 0. The average Bonchev–Trinajstić information content (AvgIpc) is 2.14. The van der Waals surface area contributed by atoms with Gasteiger partial charge in [-0.15, -0.1) is 0 Å². The van der Waals surface area contributed by atoms with Crippen molar-refractivity contribution in [3.8, 4) is 0 Å². The number of aromatic carboxylic acids is 1. The molecule has 0 bridgehead atoms. The highest BCUT2D eigenvalue weighted by Crippen LogP contribution is 2.39. The van der Waals surface area contributed by atoms with Crippen LogP contribution in [-0.4, -0.2) is 47.3 Å². The number of hydrogen-bond donors (Lipinski definition) is 1. The van der Waals surface area contributed by atoms with Crippen molar-refractivity contribution in [1.29, 1.82) is 0 Å². The first-order valence-electron chi connectivity index (χ1n) is 5.07. The Hall–Kier alpha value is -1.69. The Labute approximate surface area is 91.9 Å². The molecule has 1 aromatic rings. The molecule has 0 aliphatic carbocycles. The molecule has 0 aromatic carbocycles. The number of anilines is 1. The number of rotatable bonds is 2. The summed E-state index contributed by atoms with van der Waals surface area (Å²) in [6, 6.07) is 0. The van der Waals surface area contributed by atoms with Crippen molar-refractivity contribution < 1.29 is 14.6 Å². The minimum Gasteiger partial charge on any atom is -0.476 e. The van der Waals surface area contributed by atoms with E-state index < -0.39 is 5.97 Å². The molecule has 1 aromatic heterocycles. The van der Waals surface area contributed by atoms with Crippen molar-refractivity contribution in [2.24, 2.45) is 5.41 Å². The van der Waals surface area contributed by atoms with Crippen molar-refractivity contribution in [2.45, 2.75) is 0 Å². The van der Waals surface area contributed by atoms with Gasteiger partial charge in [0.05, 0.1) is 31.0 Å².